The molecule has 6 heteroatoms. The number of oxazole rings is 1. The summed E-state index contributed by atoms with van der Waals surface area (Å²) in [6.45, 7) is 0. The summed E-state index contributed by atoms with van der Waals surface area (Å²) in [5.74, 6) is -0.984. The highest BCUT2D eigenvalue weighted by molar-refractivity contribution is 6.31. The SMILES string of the molecule is O=c1[nH]c2ccc(C(Cl)c3cc(Cl)ccc3F)cc2o1. The highest BCUT2D eigenvalue weighted by Crippen LogP contribution is 2.33. The van der Waals surface area contributed by atoms with E-state index in [1.54, 1.807) is 18.2 Å². The molecule has 0 saturated carbocycles. The molecular formula is C14H8Cl2FNO2. The van der Waals surface area contributed by atoms with E-state index in [1.165, 1.54) is 18.2 Å². The molecule has 0 aliphatic carbocycles. The van der Waals surface area contributed by atoms with Crippen LogP contribution in [0.4, 0.5) is 4.39 Å². The second kappa shape index (κ2) is 4.96. The molecule has 0 spiro atoms. The van der Waals surface area contributed by atoms with Crippen LogP contribution in [0.2, 0.25) is 5.02 Å². The molecule has 0 amide bonds. The summed E-state index contributed by atoms with van der Waals surface area (Å²) in [5.41, 5.74) is 1.83. The zero-order valence-electron chi connectivity index (χ0n) is 9.99. The predicted molar refractivity (Wildman–Crippen MR) is 75.9 cm³/mol. The zero-order valence-corrected chi connectivity index (χ0v) is 11.5. The van der Waals surface area contributed by atoms with Gasteiger partial charge in [0.05, 0.1) is 10.9 Å². The lowest BCUT2D eigenvalue weighted by Crippen LogP contribution is -1.97. The van der Waals surface area contributed by atoms with Gasteiger partial charge in [0.2, 0.25) is 0 Å². The zero-order chi connectivity index (χ0) is 14.3. The average molecular weight is 312 g/mol. The van der Waals surface area contributed by atoms with Crippen LogP contribution in [0.1, 0.15) is 16.5 Å². The van der Waals surface area contributed by atoms with Crippen LogP contribution in [0.15, 0.2) is 45.6 Å². The van der Waals surface area contributed by atoms with Crippen molar-refractivity contribution >= 4 is 34.3 Å². The summed E-state index contributed by atoms with van der Waals surface area (Å²) in [4.78, 5) is 13.6. The summed E-state index contributed by atoms with van der Waals surface area (Å²) in [6.07, 6.45) is 0. The van der Waals surface area contributed by atoms with Crippen molar-refractivity contribution in [1.82, 2.24) is 4.98 Å². The van der Waals surface area contributed by atoms with Gasteiger partial charge in [-0.3, -0.25) is 4.98 Å². The smallest absolute Gasteiger partial charge is 0.408 e. The molecule has 1 heterocycles. The van der Waals surface area contributed by atoms with Gasteiger partial charge in [0.15, 0.2) is 5.58 Å². The number of H-pyrrole nitrogens is 1. The van der Waals surface area contributed by atoms with E-state index in [0.717, 1.165) is 0 Å². The Hall–Kier alpha value is -1.78. The Labute approximate surface area is 122 Å². The molecule has 1 aromatic heterocycles. The summed E-state index contributed by atoms with van der Waals surface area (Å²) in [6, 6.07) is 9.16. The molecule has 0 bridgehead atoms. The lowest BCUT2D eigenvalue weighted by Gasteiger charge is -2.11. The molecule has 1 atom stereocenters. The van der Waals surface area contributed by atoms with Crippen LogP contribution in [-0.4, -0.2) is 4.98 Å². The van der Waals surface area contributed by atoms with Crippen LogP contribution in [0, 0.1) is 5.82 Å². The number of hydrogen-bond donors (Lipinski definition) is 1. The van der Waals surface area contributed by atoms with Gasteiger partial charge in [-0.05, 0) is 35.9 Å². The quantitative estimate of drug-likeness (QED) is 0.719. The maximum atomic E-state index is 13.8. The van der Waals surface area contributed by atoms with E-state index in [-0.39, 0.29) is 5.56 Å². The lowest BCUT2D eigenvalue weighted by atomic mass is 10.0. The number of fused-ring (bicyclic) bond motifs is 1. The maximum absolute atomic E-state index is 13.8. The monoisotopic (exact) mass is 311 g/mol. The first kappa shape index (κ1) is 13.2. The molecule has 1 N–H and O–H groups in total. The molecule has 20 heavy (non-hydrogen) atoms. The van der Waals surface area contributed by atoms with Gasteiger partial charge in [-0.25, -0.2) is 9.18 Å². The van der Waals surface area contributed by atoms with Crippen molar-refractivity contribution in [3.63, 3.8) is 0 Å². The maximum Gasteiger partial charge on any atom is 0.417 e. The average Bonchev–Trinajstić information content (AvgIpc) is 2.79. The summed E-state index contributed by atoms with van der Waals surface area (Å²) in [7, 11) is 0. The molecule has 3 nitrogen and oxygen atoms in total. The van der Waals surface area contributed by atoms with Gasteiger partial charge >= 0.3 is 5.76 Å². The van der Waals surface area contributed by atoms with Crippen LogP contribution in [-0.2, 0) is 0 Å². The number of nitrogens with one attached hydrogen (secondary N) is 1. The number of rotatable bonds is 2. The Balaban J connectivity index is 2.09. The third-order valence-electron chi connectivity index (χ3n) is 2.97. The molecule has 1 unspecified atom stereocenters. The first-order chi connectivity index (χ1) is 9.54. The number of aromatic nitrogens is 1. The van der Waals surface area contributed by atoms with Crippen molar-refractivity contribution < 1.29 is 8.81 Å². The van der Waals surface area contributed by atoms with Crippen LogP contribution >= 0.6 is 23.2 Å². The minimum atomic E-state index is -0.724. The fourth-order valence-electron chi connectivity index (χ4n) is 2.01. The van der Waals surface area contributed by atoms with Crippen LogP contribution in [0.25, 0.3) is 11.1 Å². The molecule has 0 aliphatic heterocycles. The largest absolute Gasteiger partial charge is 0.417 e. The minimum absolute atomic E-state index is 0.274. The van der Waals surface area contributed by atoms with Gasteiger partial charge in [-0.2, -0.15) is 0 Å². The van der Waals surface area contributed by atoms with Gasteiger partial charge in [-0.15, -0.1) is 11.6 Å². The van der Waals surface area contributed by atoms with Crippen molar-refractivity contribution in [2.75, 3.05) is 0 Å². The number of hydrogen-bond acceptors (Lipinski definition) is 2. The van der Waals surface area contributed by atoms with Gasteiger partial charge in [-0.1, -0.05) is 17.7 Å². The first-order valence-corrected chi connectivity index (χ1v) is 6.58. The molecule has 0 radical (unpaired) electrons. The van der Waals surface area contributed by atoms with Crippen molar-refractivity contribution in [3.05, 3.63) is 68.9 Å². The first-order valence-electron chi connectivity index (χ1n) is 5.76. The van der Waals surface area contributed by atoms with E-state index >= 15 is 0 Å². The van der Waals surface area contributed by atoms with E-state index in [0.29, 0.717) is 21.7 Å². The topological polar surface area (TPSA) is 46.0 Å². The Morgan fingerprint density at radius 1 is 1.20 bits per heavy atom. The Bertz CT molecular complexity index is 841. The molecular weight excluding hydrogens is 304 g/mol. The van der Waals surface area contributed by atoms with Gasteiger partial charge in [0.1, 0.15) is 5.82 Å². The lowest BCUT2D eigenvalue weighted by molar-refractivity contribution is 0.555. The van der Waals surface area contributed by atoms with Crippen LogP contribution in [0.5, 0.6) is 0 Å². The van der Waals surface area contributed by atoms with Crippen molar-refractivity contribution in [2.24, 2.45) is 0 Å². The molecule has 2 aromatic carbocycles. The summed E-state index contributed by atoms with van der Waals surface area (Å²) < 4.78 is 18.8. The van der Waals surface area contributed by atoms with Crippen molar-refractivity contribution in [1.29, 1.82) is 0 Å². The number of benzene rings is 2. The van der Waals surface area contributed by atoms with E-state index in [2.05, 4.69) is 4.98 Å². The predicted octanol–water partition coefficient (Wildman–Crippen LogP) is 4.24. The molecule has 0 fully saturated rings. The Morgan fingerprint density at radius 3 is 2.80 bits per heavy atom. The van der Waals surface area contributed by atoms with Crippen LogP contribution in [0.3, 0.4) is 0 Å². The van der Waals surface area contributed by atoms with E-state index in [1.807, 2.05) is 0 Å². The number of aromatic amines is 1. The third kappa shape index (κ3) is 2.32. The fourth-order valence-corrected chi connectivity index (χ4v) is 2.49. The summed E-state index contributed by atoms with van der Waals surface area (Å²) in [5, 5.41) is -0.320. The van der Waals surface area contributed by atoms with Gasteiger partial charge in [0, 0.05) is 10.6 Å². The number of halogens is 3. The minimum Gasteiger partial charge on any atom is -0.408 e. The van der Waals surface area contributed by atoms with E-state index < -0.39 is 17.0 Å². The second-order valence-electron chi connectivity index (χ2n) is 4.30. The molecule has 3 aromatic rings. The third-order valence-corrected chi connectivity index (χ3v) is 3.69. The summed E-state index contributed by atoms with van der Waals surface area (Å²) >= 11 is 12.1. The van der Waals surface area contributed by atoms with E-state index in [4.69, 9.17) is 27.6 Å². The Kier molecular flexibility index (Phi) is 3.28. The highest BCUT2D eigenvalue weighted by Gasteiger charge is 2.17. The second-order valence-corrected chi connectivity index (χ2v) is 5.17. The van der Waals surface area contributed by atoms with Crippen LogP contribution < -0.4 is 5.76 Å². The molecule has 102 valence electrons. The Morgan fingerprint density at radius 2 is 2.00 bits per heavy atom. The number of alkyl halides is 1. The fraction of sp³-hybridized carbons (Fsp3) is 0.0714. The van der Waals surface area contributed by atoms with Gasteiger partial charge < -0.3 is 4.42 Å². The molecule has 3 rings (SSSR count). The molecule has 0 aliphatic rings. The van der Waals surface area contributed by atoms with Crippen molar-refractivity contribution in [3.8, 4) is 0 Å². The normalized spacial score (nSPS) is 12.8. The van der Waals surface area contributed by atoms with E-state index in [9.17, 15) is 9.18 Å². The molecule has 0 saturated heterocycles. The highest BCUT2D eigenvalue weighted by atomic mass is 35.5. The van der Waals surface area contributed by atoms with Gasteiger partial charge in [0.25, 0.3) is 0 Å². The van der Waals surface area contributed by atoms with Crippen molar-refractivity contribution in [2.45, 2.75) is 5.38 Å². The standard InChI is InChI=1S/C14H8Cl2FNO2/c15-8-2-3-10(17)9(6-8)13(16)7-1-4-11-12(5-7)20-14(19)18-11/h1-6,13H,(H,18,19).